The number of aromatic amines is 1. The molecule has 1 aliphatic heterocycles. The SMILES string of the molecule is CCCOc1ccc(-c2[nH]nc3c2C(c2ccc(OC)c(OC)c2)C(C#N)=C(N)O3)cc1. The predicted octanol–water partition coefficient (Wildman–Crippen LogP) is 4.10. The third-order valence-electron chi connectivity index (χ3n) is 5.30. The lowest BCUT2D eigenvalue weighted by Gasteiger charge is -2.24. The van der Waals surface area contributed by atoms with Crippen LogP contribution in [0.3, 0.4) is 0 Å². The molecule has 3 aromatic rings. The van der Waals surface area contributed by atoms with Crippen molar-refractivity contribution in [2.45, 2.75) is 19.3 Å². The van der Waals surface area contributed by atoms with E-state index >= 15 is 0 Å². The minimum atomic E-state index is -0.492. The molecule has 0 aliphatic carbocycles. The Hall–Kier alpha value is -4.12. The molecule has 32 heavy (non-hydrogen) atoms. The molecule has 164 valence electrons. The van der Waals surface area contributed by atoms with Crippen molar-refractivity contribution in [3.63, 3.8) is 0 Å². The number of hydrogen-bond donors (Lipinski definition) is 2. The second-order valence-corrected chi connectivity index (χ2v) is 7.23. The summed E-state index contributed by atoms with van der Waals surface area (Å²) in [7, 11) is 3.14. The number of methoxy groups -OCH3 is 2. The highest BCUT2D eigenvalue weighted by Crippen LogP contribution is 2.47. The molecule has 1 atom stereocenters. The molecule has 1 unspecified atom stereocenters. The number of ether oxygens (including phenoxy) is 4. The van der Waals surface area contributed by atoms with Crippen LogP contribution in [0, 0.1) is 11.3 Å². The fourth-order valence-electron chi connectivity index (χ4n) is 3.77. The lowest BCUT2D eigenvalue weighted by molar-refractivity contribution is 0.317. The summed E-state index contributed by atoms with van der Waals surface area (Å²) in [6, 6.07) is 15.4. The van der Waals surface area contributed by atoms with Crippen molar-refractivity contribution in [3.8, 4) is 40.5 Å². The number of nitriles is 1. The third-order valence-corrected chi connectivity index (χ3v) is 5.30. The van der Waals surface area contributed by atoms with Gasteiger partial charge in [0.1, 0.15) is 17.4 Å². The van der Waals surface area contributed by atoms with Crippen molar-refractivity contribution in [1.82, 2.24) is 10.2 Å². The van der Waals surface area contributed by atoms with Crippen molar-refractivity contribution in [3.05, 3.63) is 65.0 Å². The van der Waals surface area contributed by atoms with Gasteiger partial charge in [-0.05, 0) is 48.4 Å². The molecule has 0 amide bonds. The summed E-state index contributed by atoms with van der Waals surface area (Å²) >= 11 is 0. The Morgan fingerprint density at radius 3 is 2.53 bits per heavy atom. The predicted molar refractivity (Wildman–Crippen MR) is 119 cm³/mol. The van der Waals surface area contributed by atoms with Crippen LogP contribution in [0.5, 0.6) is 23.1 Å². The van der Waals surface area contributed by atoms with E-state index in [2.05, 4.69) is 23.2 Å². The van der Waals surface area contributed by atoms with Crippen LogP contribution in [0.1, 0.15) is 30.4 Å². The van der Waals surface area contributed by atoms with Crippen LogP contribution in [0.4, 0.5) is 0 Å². The monoisotopic (exact) mass is 432 g/mol. The van der Waals surface area contributed by atoms with Crippen molar-refractivity contribution in [2.24, 2.45) is 5.73 Å². The Morgan fingerprint density at radius 1 is 1.12 bits per heavy atom. The average Bonchev–Trinajstić information content (AvgIpc) is 3.24. The highest BCUT2D eigenvalue weighted by Gasteiger charge is 2.36. The number of nitrogens with zero attached hydrogens (tertiary/aromatic N) is 2. The van der Waals surface area contributed by atoms with Crippen LogP contribution in [0.15, 0.2) is 53.9 Å². The van der Waals surface area contributed by atoms with Gasteiger partial charge in [0.15, 0.2) is 11.5 Å². The van der Waals surface area contributed by atoms with Crippen LogP contribution in [-0.2, 0) is 0 Å². The van der Waals surface area contributed by atoms with Crippen LogP contribution < -0.4 is 24.7 Å². The van der Waals surface area contributed by atoms with Gasteiger partial charge in [0.05, 0.1) is 38.0 Å². The van der Waals surface area contributed by atoms with Gasteiger partial charge in [-0.25, -0.2) is 0 Å². The first-order valence-corrected chi connectivity index (χ1v) is 10.2. The van der Waals surface area contributed by atoms with Crippen molar-refractivity contribution in [1.29, 1.82) is 5.26 Å². The molecular weight excluding hydrogens is 408 g/mol. The number of nitrogens with one attached hydrogen (secondary N) is 1. The maximum atomic E-state index is 9.89. The molecule has 0 spiro atoms. The minimum Gasteiger partial charge on any atom is -0.494 e. The summed E-state index contributed by atoms with van der Waals surface area (Å²) in [5, 5.41) is 17.3. The van der Waals surface area contributed by atoms with Crippen LogP contribution in [0.25, 0.3) is 11.3 Å². The number of hydrogen-bond acceptors (Lipinski definition) is 7. The number of benzene rings is 2. The van der Waals surface area contributed by atoms with E-state index in [0.717, 1.165) is 34.6 Å². The van der Waals surface area contributed by atoms with Gasteiger partial charge < -0.3 is 24.7 Å². The summed E-state index contributed by atoms with van der Waals surface area (Å²) in [4.78, 5) is 0. The Kier molecular flexibility index (Phi) is 5.90. The first-order valence-electron chi connectivity index (χ1n) is 10.2. The molecule has 0 fully saturated rings. The van der Waals surface area contributed by atoms with Crippen molar-refractivity contribution >= 4 is 0 Å². The van der Waals surface area contributed by atoms with Crippen molar-refractivity contribution in [2.75, 3.05) is 20.8 Å². The molecule has 2 aromatic carbocycles. The topological polar surface area (TPSA) is 115 Å². The lowest BCUT2D eigenvalue weighted by atomic mass is 9.83. The van der Waals surface area contributed by atoms with E-state index in [-0.39, 0.29) is 5.88 Å². The van der Waals surface area contributed by atoms with E-state index in [1.54, 1.807) is 20.3 Å². The quantitative estimate of drug-likeness (QED) is 0.577. The average molecular weight is 432 g/mol. The van der Waals surface area contributed by atoms with Gasteiger partial charge in [0.25, 0.3) is 0 Å². The molecule has 0 saturated heterocycles. The van der Waals surface area contributed by atoms with Crippen LogP contribution in [0.2, 0.25) is 0 Å². The zero-order chi connectivity index (χ0) is 22.7. The Bertz CT molecular complexity index is 1190. The van der Waals surface area contributed by atoms with E-state index in [1.165, 1.54) is 0 Å². The first-order chi connectivity index (χ1) is 15.6. The second kappa shape index (κ2) is 8.94. The first kappa shape index (κ1) is 21.1. The molecule has 2 heterocycles. The summed E-state index contributed by atoms with van der Waals surface area (Å²) in [6.45, 7) is 2.72. The van der Waals surface area contributed by atoms with Gasteiger partial charge in [0.2, 0.25) is 11.8 Å². The number of aromatic nitrogens is 2. The largest absolute Gasteiger partial charge is 0.494 e. The minimum absolute atomic E-state index is 0.0288. The van der Waals surface area contributed by atoms with E-state index in [1.807, 2.05) is 36.4 Å². The van der Waals surface area contributed by atoms with Crippen LogP contribution in [-0.4, -0.2) is 31.0 Å². The number of nitrogens with two attached hydrogens (primary N) is 1. The summed E-state index contributed by atoms with van der Waals surface area (Å²) in [5.74, 6) is 1.81. The van der Waals surface area contributed by atoms with E-state index in [4.69, 9.17) is 24.7 Å². The lowest BCUT2D eigenvalue weighted by Crippen LogP contribution is -2.21. The third kappa shape index (κ3) is 3.69. The highest BCUT2D eigenvalue weighted by atomic mass is 16.5. The zero-order valence-corrected chi connectivity index (χ0v) is 18.1. The Labute approximate surface area is 186 Å². The molecule has 3 N–H and O–H groups in total. The zero-order valence-electron chi connectivity index (χ0n) is 18.1. The molecule has 8 nitrogen and oxygen atoms in total. The smallest absolute Gasteiger partial charge is 0.244 e. The second-order valence-electron chi connectivity index (χ2n) is 7.23. The number of fused-ring (bicyclic) bond motifs is 1. The highest BCUT2D eigenvalue weighted by molar-refractivity contribution is 5.71. The molecule has 0 saturated carbocycles. The normalized spacial score (nSPS) is 14.9. The summed E-state index contributed by atoms with van der Waals surface area (Å²) < 4.78 is 22.2. The van der Waals surface area contributed by atoms with Gasteiger partial charge in [-0.2, -0.15) is 5.26 Å². The van der Waals surface area contributed by atoms with Crippen molar-refractivity contribution < 1.29 is 18.9 Å². The summed E-state index contributed by atoms with van der Waals surface area (Å²) in [6.07, 6.45) is 0.935. The fourth-order valence-corrected chi connectivity index (χ4v) is 3.77. The number of rotatable bonds is 7. The van der Waals surface area contributed by atoms with E-state index < -0.39 is 5.92 Å². The van der Waals surface area contributed by atoms with E-state index in [9.17, 15) is 5.26 Å². The maximum Gasteiger partial charge on any atom is 0.244 e. The van der Waals surface area contributed by atoms with Gasteiger partial charge in [0, 0.05) is 5.56 Å². The molecule has 1 aliphatic rings. The Balaban J connectivity index is 1.83. The van der Waals surface area contributed by atoms with Gasteiger partial charge in [-0.15, -0.1) is 5.10 Å². The molecule has 4 rings (SSSR count). The van der Waals surface area contributed by atoms with E-state index in [0.29, 0.717) is 29.6 Å². The molecule has 1 aromatic heterocycles. The Morgan fingerprint density at radius 2 is 1.88 bits per heavy atom. The molecule has 0 bridgehead atoms. The van der Waals surface area contributed by atoms with Gasteiger partial charge >= 0.3 is 0 Å². The number of H-pyrrole nitrogens is 1. The number of allylic oxidation sites excluding steroid dienone is 1. The van der Waals surface area contributed by atoms with Gasteiger partial charge in [-0.1, -0.05) is 13.0 Å². The molecule has 0 radical (unpaired) electrons. The summed E-state index contributed by atoms with van der Waals surface area (Å²) in [5.41, 5.74) is 9.53. The molecule has 8 heteroatoms. The van der Waals surface area contributed by atoms with Gasteiger partial charge in [-0.3, -0.25) is 5.10 Å². The fraction of sp³-hybridized carbons (Fsp3) is 0.250. The molecular formula is C24H24N4O4. The van der Waals surface area contributed by atoms with Crippen LogP contribution >= 0.6 is 0 Å². The maximum absolute atomic E-state index is 9.89. The standard InChI is InChI=1S/C24H24N4O4/c1-4-11-31-16-8-5-14(6-9-16)22-21-20(15-7-10-18(29-2)19(12-15)30-3)17(13-25)23(26)32-24(21)28-27-22/h5-10,12,20H,4,11,26H2,1-3H3,(H,27,28).